The lowest BCUT2D eigenvalue weighted by atomic mass is 9.81. The fourth-order valence-electron chi connectivity index (χ4n) is 9.43. The average Bonchev–Trinajstić information content (AvgIpc) is 3.39. The maximum absolute atomic E-state index is 2.59. The van der Waals surface area contributed by atoms with E-state index in [2.05, 4.69) is 217 Å². The molecule has 0 radical (unpaired) electrons. The van der Waals surface area contributed by atoms with Crippen LogP contribution in [0.1, 0.15) is 11.5 Å². The van der Waals surface area contributed by atoms with Crippen LogP contribution in [0.3, 0.4) is 0 Å². The molecule has 55 heavy (non-hydrogen) atoms. The Labute approximate surface area is 321 Å². The van der Waals surface area contributed by atoms with Crippen LogP contribution in [0.2, 0.25) is 0 Å². The Balaban J connectivity index is 1.28. The molecule has 1 heteroatoms. The van der Waals surface area contributed by atoms with Gasteiger partial charge in [-0.3, -0.25) is 0 Å². The summed E-state index contributed by atoms with van der Waals surface area (Å²) in [6.45, 7) is 0. The first-order chi connectivity index (χ1) is 27.3. The second-order valence-corrected chi connectivity index (χ2v) is 14.7. The first-order valence-corrected chi connectivity index (χ1v) is 19.3. The molecule has 11 rings (SSSR count). The van der Waals surface area contributed by atoms with Gasteiger partial charge in [0.2, 0.25) is 0 Å². The molecule has 258 valence electrons. The van der Waals surface area contributed by atoms with Gasteiger partial charge in [0.1, 0.15) is 0 Å². The molecule has 1 aliphatic carbocycles. The largest absolute Gasteiger partial charge is 0.333 e. The standard InChI is InChI=1S/C54H37N/c1-4-18-36(19-5-1)47-35-48(37-20-6-2-7-21-37)53-45-29-13-12-26-42(45)49-34-39(32-33-46(49)54(53)52(47)38-22-8-3-9-23-38)55-50-30-16-14-27-43(50)40-24-10-11-25-41(40)44-28-15-17-31-51(44)55/h1-35,43,50H. The number of nitrogens with zero attached hydrogens (tertiary/aromatic N) is 1. The lowest BCUT2D eigenvalue weighted by Crippen LogP contribution is -2.34. The van der Waals surface area contributed by atoms with Gasteiger partial charge in [0.05, 0.1) is 6.04 Å². The second kappa shape index (κ2) is 12.9. The molecule has 0 N–H and O–H groups in total. The van der Waals surface area contributed by atoms with Crippen LogP contribution in [0.15, 0.2) is 212 Å². The van der Waals surface area contributed by atoms with Crippen LogP contribution in [-0.4, -0.2) is 6.04 Å². The van der Waals surface area contributed by atoms with Gasteiger partial charge in [0.15, 0.2) is 0 Å². The highest BCUT2D eigenvalue weighted by atomic mass is 15.2. The van der Waals surface area contributed by atoms with Crippen molar-refractivity contribution in [1.82, 2.24) is 0 Å². The summed E-state index contributed by atoms with van der Waals surface area (Å²) in [5, 5.41) is 7.61. The third-order valence-corrected chi connectivity index (χ3v) is 11.8. The molecular weight excluding hydrogens is 663 g/mol. The molecule has 0 aromatic heterocycles. The van der Waals surface area contributed by atoms with E-state index in [0.29, 0.717) is 0 Å². The topological polar surface area (TPSA) is 3.24 Å². The summed E-state index contributed by atoms with van der Waals surface area (Å²) >= 11 is 0. The third kappa shape index (κ3) is 5.01. The molecule has 0 fully saturated rings. The Bertz CT molecular complexity index is 2980. The van der Waals surface area contributed by atoms with Crippen LogP contribution in [-0.2, 0) is 0 Å². The van der Waals surface area contributed by atoms with Gasteiger partial charge in [-0.25, -0.2) is 0 Å². The van der Waals surface area contributed by atoms with Gasteiger partial charge < -0.3 is 4.90 Å². The zero-order valence-corrected chi connectivity index (χ0v) is 30.3. The van der Waals surface area contributed by atoms with Crippen LogP contribution in [0.25, 0.3) is 76.8 Å². The molecule has 0 saturated heterocycles. The second-order valence-electron chi connectivity index (χ2n) is 14.7. The van der Waals surface area contributed by atoms with E-state index in [0.717, 1.165) is 0 Å². The van der Waals surface area contributed by atoms with Crippen molar-refractivity contribution < 1.29 is 0 Å². The van der Waals surface area contributed by atoms with E-state index in [1.165, 1.54) is 93.8 Å². The molecule has 2 atom stereocenters. The van der Waals surface area contributed by atoms with E-state index in [9.17, 15) is 0 Å². The highest BCUT2D eigenvalue weighted by molar-refractivity contribution is 6.33. The number of allylic oxidation sites excluding steroid dienone is 2. The van der Waals surface area contributed by atoms with Gasteiger partial charge in [-0.05, 0) is 101 Å². The van der Waals surface area contributed by atoms with Gasteiger partial charge in [-0.1, -0.05) is 188 Å². The number of fused-ring (bicyclic) bond motifs is 11. The average molecular weight is 700 g/mol. The van der Waals surface area contributed by atoms with Crippen molar-refractivity contribution in [3.63, 3.8) is 0 Å². The zero-order valence-electron chi connectivity index (χ0n) is 30.3. The minimum Gasteiger partial charge on any atom is -0.333 e. The summed E-state index contributed by atoms with van der Waals surface area (Å²) in [6, 6.07) is 69.6. The molecular formula is C54H37N. The summed E-state index contributed by atoms with van der Waals surface area (Å²) in [5.74, 6) is 0.212. The Hall–Kier alpha value is -6.96. The highest BCUT2D eigenvalue weighted by Gasteiger charge is 2.34. The smallest absolute Gasteiger partial charge is 0.0629 e. The molecule has 9 aromatic carbocycles. The molecule has 0 spiro atoms. The number of para-hydroxylation sites is 1. The molecule has 0 bridgehead atoms. The lowest BCUT2D eigenvalue weighted by molar-refractivity contribution is 0.698. The van der Waals surface area contributed by atoms with Gasteiger partial charge in [-0.15, -0.1) is 0 Å². The van der Waals surface area contributed by atoms with Crippen LogP contribution >= 0.6 is 0 Å². The van der Waals surface area contributed by atoms with Crippen molar-refractivity contribution in [1.29, 1.82) is 0 Å². The predicted octanol–water partition coefficient (Wildman–Crippen LogP) is 14.5. The van der Waals surface area contributed by atoms with E-state index >= 15 is 0 Å². The molecule has 2 aliphatic rings. The van der Waals surface area contributed by atoms with Crippen LogP contribution in [0.5, 0.6) is 0 Å². The zero-order chi connectivity index (χ0) is 36.3. The third-order valence-electron chi connectivity index (χ3n) is 11.8. The minimum absolute atomic E-state index is 0.119. The summed E-state index contributed by atoms with van der Waals surface area (Å²) < 4.78 is 0. The number of hydrogen-bond acceptors (Lipinski definition) is 1. The van der Waals surface area contributed by atoms with E-state index in [1.807, 2.05) is 0 Å². The Morgan fingerprint density at radius 3 is 1.71 bits per heavy atom. The van der Waals surface area contributed by atoms with Gasteiger partial charge in [0.25, 0.3) is 0 Å². The van der Waals surface area contributed by atoms with Crippen molar-refractivity contribution in [2.75, 3.05) is 4.90 Å². The van der Waals surface area contributed by atoms with Crippen molar-refractivity contribution >= 4 is 43.7 Å². The van der Waals surface area contributed by atoms with Crippen molar-refractivity contribution in [2.24, 2.45) is 0 Å². The fraction of sp³-hybridized carbons (Fsp3) is 0.0370. The Morgan fingerprint density at radius 1 is 0.364 bits per heavy atom. The molecule has 1 aliphatic heterocycles. The Kier molecular flexibility index (Phi) is 7.38. The van der Waals surface area contributed by atoms with E-state index in [-0.39, 0.29) is 12.0 Å². The number of anilines is 2. The van der Waals surface area contributed by atoms with Crippen LogP contribution in [0.4, 0.5) is 11.4 Å². The normalized spacial score (nSPS) is 15.8. The van der Waals surface area contributed by atoms with Gasteiger partial charge in [-0.2, -0.15) is 0 Å². The quantitative estimate of drug-likeness (QED) is 0.165. The summed E-state index contributed by atoms with van der Waals surface area (Å²) in [7, 11) is 0. The number of benzene rings is 9. The summed E-state index contributed by atoms with van der Waals surface area (Å²) in [5.41, 5.74) is 13.8. The lowest BCUT2D eigenvalue weighted by Gasteiger charge is -2.36. The number of hydrogen-bond donors (Lipinski definition) is 0. The molecule has 0 saturated carbocycles. The molecule has 2 unspecified atom stereocenters. The number of rotatable bonds is 4. The van der Waals surface area contributed by atoms with E-state index in [4.69, 9.17) is 0 Å². The molecule has 9 aromatic rings. The van der Waals surface area contributed by atoms with Crippen LogP contribution in [0, 0.1) is 0 Å². The molecule has 0 amide bonds. The summed E-state index contributed by atoms with van der Waals surface area (Å²) in [4.78, 5) is 2.59. The fourth-order valence-corrected chi connectivity index (χ4v) is 9.43. The minimum atomic E-state index is 0.119. The molecule has 1 heterocycles. The highest BCUT2D eigenvalue weighted by Crippen LogP contribution is 2.52. The SMILES string of the molecule is C1=CC2c3ccccc3-c3ccccc3N(c3ccc4c(c3)c3ccccc3c3c(-c5ccccc5)cc(-c5ccccc5)c(-c5ccccc5)c43)C2C=C1. The first kappa shape index (κ1) is 31.6. The maximum atomic E-state index is 2.59. The Morgan fingerprint density at radius 2 is 0.945 bits per heavy atom. The summed E-state index contributed by atoms with van der Waals surface area (Å²) in [6.07, 6.45) is 9.20. The maximum Gasteiger partial charge on any atom is 0.0629 e. The van der Waals surface area contributed by atoms with Crippen molar-refractivity contribution in [3.05, 3.63) is 218 Å². The molecule has 1 nitrogen and oxygen atoms in total. The van der Waals surface area contributed by atoms with Crippen molar-refractivity contribution in [2.45, 2.75) is 12.0 Å². The monoisotopic (exact) mass is 699 g/mol. The van der Waals surface area contributed by atoms with Gasteiger partial charge in [0, 0.05) is 22.9 Å². The van der Waals surface area contributed by atoms with E-state index < -0.39 is 0 Å². The predicted molar refractivity (Wildman–Crippen MR) is 234 cm³/mol. The first-order valence-electron chi connectivity index (χ1n) is 19.3. The van der Waals surface area contributed by atoms with E-state index in [1.54, 1.807) is 0 Å². The van der Waals surface area contributed by atoms with Crippen LogP contribution < -0.4 is 4.90 Å². The van der Waals surface area contributed by atoms with Gasteiger partial charge >= 0.3 is 0 Å². The van der Waals surface area contributed by atoms with Crippen molar-refractivity contribution in [3.8, 4) is 44.5 Å².